The molecule has 0 radical (unpaired) electrons. The number of aryl methyl sites for hydroxylation is 1. The third-order valence-electron chi connectivity index (χ3n) is 5.51. The molecular formula is C20H25ClN6O2. The highest BCUT2D eigenvalue weighted by atomic mass is 35.5. The predicted octanol–water partition coefficient (Wildman–Crippen LogP) is 2.51. The SMILES string of the molecule is COc1c(C)cnc(CN2C[C@H](CC(=O)NC3CC3)c3c(Cl)nc(N)nc32)c1C. The number of amides is 1. The van der Waals surface area contributed by atoms with E-state index >= 15 is 0 Å². The Hall–Kier alpha value is -2.61. The number of nitrogens with two attached hydrogens (primary N) is 1. The van der Waals surface area contributed by atoms with Crippen molar-refractivity contribution in [3.63, 3.8) is 0 Å². The first kappa shape index (κ1) is 19.7. The molecule has 0 aromatic carbocycles. The zero-order valence-corrected chi connectivity index (χ0v) is 17.6. The van der Waals surface area contributed by atoms with Gasteiger partial charge in [0.2, 0.25) is 11.9 Å². The van der Waals surface area contributed by atoms with Crippen LogP contribution in [0.5, 0.6) is 5.75 Å². The van der Waals surface area contributed by atoms with E-state index in [1.807, 2.05) is 13.8 Å². The summed E-state index contributed by atoms with van der Waals surface area (Å²) in [6, 6.07) is 0.324. The minimum Gasteiger partial charge on any atom is -0.496 e. The number of methoxy groups -OCH3 is 1. The number of hydrogen-bond donors (Lipinski definition) is 2. The third-order valence-corrected chi connectivity index (χ3v) is 5.80. The van der Waals surface area contributed by atoms with Gasteiger partial charge in [-0.25, -0.2) is 4.98 Å². The summed E-state index contributed by atoms with van der Waals surface area (Å²) in [5.74, 6) is 1.56. The van der Waals surface area contributed by atoms with E-state index in [4.69, 9.17) is 22.1 Å². The van der Waals surface area contributed by atoms with Crippen molar-refractivity contribution in [2.75, 3.05) is 24.3 Å². The van der Waals surface area contributed by atoms with Gasteiger partial charge in [0, 0.05) is 47.8 Å². The van der Waals surface area contributed by atoms with Gasteiger partial charge in [-0.15, -0.1) is 0 Å². The average molecular weight is 417 g/mol. The number of nitrogens with one attached hydrogen (secondary N) is 1. The number of pyridine rings is 1. The number of nitrogens with zero attached hydrogens (tertiary/aromatic N) is 4. The van der Waals surface area contributed by atoms with E-state index in [1.54, 1.807) is 13.3 Å². The number of carbonyl (C=O) groups is 1. The molecule has 1 fully saturated rings. The Morgan fingerprint density at radius 2 is 2.14 bits per heavy atom. The summed E-state index contributed by atoms with van der Waals surface area (Å²) < 4.78 is 5.53. The van der Waals surface area contributed by atoms with E-state index < -0.39 is 0 Å². The molecule has 9 heteroatoms. The number of nitrogen functional groups attached to an aromatic ring is 1. The van der Waals surface area contributed by atoms with E-state index in [2.05, 4.69) is 25.2 Å². The number of fused-ring (bicyclic) bond motifs is 1. The molecule has 2 aliphatic rings. The fourth-order valence-electron chi connectivity index (χ4n) is 3.94. The molecule has 154 valence electrons. The molecule has 3 heterocycles. The van der Waals surface area contributed by atoms with Gasteiger partial charge in [-0.05, 0) is 26.7 Å². The van der Waals surface area contributed by atoms with Crippen molar-refractivity contribution in [2.45, 2.75) is 51.6 Å². The molecule has 0 saturated heterocycles. The molecular weight excluding hydrogens is 392 g/mol. The van der Waals surface area contributed by atoms with Crippen LogP contribution >= 0.6 is 11.6 Å². The zero-order chi connectivity index (χ0) is 20.7. The van der Waals surface area contributed by atoms with E-state index in [-0.39, 0.29) is 17.8 Å². The second-order valence-corrected chi connectivity index (χ2v) is 8.14. The summed E-state index contributed by atoms with van der Waals surface area (Å²) in [7, 11) is 1.66. The lowest BCUT2D eigenvalue weighted by Crippen LogP contribution is -2.29. The largest absolute Gasteiger partial charge is 0.496 e. The summed E-state index contributed by atoms with van der Waals surface area (Å²) in [5, 5.41) is 3.35. The lowest BCUT2D eigenvalue weighted by Gasteiger charge is -2.21. The smallest absolute Gasteiger partial charge is 0.223 e. The Morgan fingerprint density at radius 3 is 2.83 bits per heavy atom. The highest BCUT2D eigenvalue weighted by molar-refractivity contribution is 6.30. The quantitative estimate of drug-likeness (QED) is 0.696. The van der Waals surface area contributed by atoms with Gasteiger partial charge < -0.3 is 20.7 Å². The highest BCUT2D eigenvalue weighted by Crippen LogP contribution is 2.42. The highest BCUT2D eigenvalue weighted by Gasteiger charge is 2.36. The van der Waals surface area contributed by atoms with Crippen LogP contribution in [0.25, 0.3) is 0 Å². The Morgan fingerprint density at radius 1 is 1.38 bits per heavy atom. The van der Waals surface area contributed by atoms with Crippen LogP contribution in [0.3, 0.4) is 0 Å². The van der Waals surface area contributed by atoms with Gasteiger partial charge in [0.1, 0.15) is 16.7 Å². The van der Waals surface area contributed by atoms with Crippen LogP contribution in [0, 0.1) is 13.8 Å². The van der Waals surface area contributed by atoms with Crippen LogP contribution in [0.15, 0.2) is 6.20 Å². The van der Waals surface area contributed by atoms with Crippen molar-refractivity contribution in [2.24, 2.45) is 0 Å². The van der Waals surface area contributed by atoms with Gasteiger partial charge in [-0.1, -0.05) is 11.6 Å². The fraction of sp³-hybridized carbons (Fsp3) is 0.500. The van der Waals surface area contributed by atoms with Crippen LogP contribution in [-0.2, 0) is 11.3 Å². The molecule has 1 aliphatic heterocycles. The monoisotopic (exact) mass is 416 g/mol. The van der Waals surface area contributed by atoms with E-state index in [0.29, 0.717) is 36.5 Å². The first-order chi connectivity index (χ1) is 13.9. The van der Waals surface area contributed by atoms with Gasteiger partial charge in [-0.2, -0.15) is 4.98 Å². The van der Waals surface area contributed by atoms with Crippen LogP contribution in [0.4, 0.5) is 11.8 Å². The molecule has 0 unspecified atom stereocenters. The van der Waals surface area contributed by atoms with Crippen molar-refractivity contribution in [1.29, 1.82) is 0 Å². The molecule has 0 bridgehead atoms. The maximum atomic E-state index is 12.4. The molecule has 29 heavy (non-hydrogen) atoms. The van der Waals surface area contributed by atoms with Gasteiger partial charge in [0.25, 0.3) is 0 Å². The summed E-state index contributed by atoms with van der Waals surface area (Å²) in [5.41, 5.74) is 9.49. The second-order valence-electron chi connectivity index (χ2n) is 7.78. The van der Waals surface area contributed by atoms with Crippen LogP contribution in [-0.4, -0.2) is 40.6 Å². The minimum atomic E-state index is -0.0931. The molecule has 1 atom stereocenters. The van der Waals surface area contributed by atoms with E-state index in [9.17, 15) is 4.79 Å². The molecule has 2 aromatic heterocycles. The summed E-state index contributed by atoms with van der Waals surface area (Å²) in [6.45, 7) is 5.08. The Kier molecular flexibility index (Phi) is 5.21. The molecule has 3 N–H and O–H groups in total. The summed E-state index contributed by atoms with van der Waals surface area (Å²) in [4.78, 5) is 27.6. The van der Waals surface area contributed by atoms with Crippen molar-refractivity contribution in [3.05, 3.63) is 33.7 Å². The van der Waals surface area contributed by atoms with Gasteiger partial charge in [0.05, 0.1) is 19.3 Å². The molecule has 2 aromatic rings. The van der Waals surface area contributed by atoms with Gasteiger partial charge in [0.15, 0.2) is 0 Å². The Bertz CT molecular complexity index is 962. The Labute approximate surface area is 174 Å². The first-order valence-electron chi connectivity index (χ1n) is 9.73. The topological polar surface area (TPSA) is 106 Å². The molecule has 1 saturated carbocycles. The van der Waals surface area contributed by atoms with Crippen molar-refractivity contribution >= 4 is 29.3 Å². The minimum absolute atomic E-state index is 0.0319. The number of carbonyl (C=O) groups excluding carboxylic acids is 1. The average Bonchev–Trinajstić information content (AvgIpc) is 3.40. The van der Waals surface area contributed by atoms with Crippen LogP contribution < -0.4 is 20.7 Å². The van der Waals surface area contributed by atoms with Gasteiger partial charge in [-0.3, -0.25) is 9.78 Å². The third kappa shape index (κ3) is 3.94. The lowest BCUT2D eigenvalue weighted by atomic mass is 10.00. The first-order valence-corrected chi connectivity index (χ1v) is 10.1. The lowest BCUT2D eigenvalue weighted by molar-refractivity contribution is -0.121. The van der Waals surface area contributed by atoms with Crippen molar-refractivity contribution in [1.82, 2.24) is 20.3 Å². The maximum absolute atomic E-state index is 12.4. The Balaban J connectivity index is 1.62. The molecule has 1 aliphatic carbocycles. The summed E-state index contributed by atoms with van der Waals surface area (Å²) in [6.07, 6.45) is 4.26. The fourth-order valence-corrected chi connectivity index (χ4v) is 4.26. The molecule has 1 amide bonds. The maximum Gasteiger partial charge on any atom is 0.223 e. The summed E-state index contributed by atoms with van der Waals surface area (Å²) >= 11 is 6.41. The van der Waals surface area contributed by atoms with Crippen molar-refractivity contribution in [3.8, 4) is 5.75 Å². The predicted molar refractivity (Wildman–Crippen MR) is 111 cm³/mol. The number of hydrogen-bond acceptors (Lipinski definition) is 7. The standard InChI is InChI=1S/C20H25ClN6O2/c1-10-7-23-14(11(2)17(10)29-3)9-27-8-12(6-15(28)24-13-4-5-13)16-18(21)25-20(22)26-19(16)27/h7,12-13H,4-6,8-9H2,1-3H3,(H,24,28)(H2,22,25,26)/t12-/m0/s1. The molecule has 8 nitrogen and oxygen atoms in total. The number of aromatic nitrogens is 3. The van der Waals surface area contributed by atoms with Crippen molar-refractivity contribution < 1.29 is 9.53 Å². The van der Waals surface area contributed by atoms with Crippen LogP contribution in [0.1, 0.15) is 47.6 Å². The van der Waals surface area contributed by atoms with E-state index in [1.165, 1.54) is 0 Å². The number of ether oxygens (including phenoxy) is 1. The van der Waals surface area contributed by atoms with Crippen LogP contribution in [0.2, 0.25) is 5.15 Å². The number of halogens is 1. The molecule has 0 spiro atoms. The number of anilines is 2. The number of rotatable bonds is 6. The second kappa shape index (κ2) is 7.67. The zero-order valence-electron chi connectivity index (χ0n) is 16.8. The van der Waals surface area contributed by atoms with Gasteiger partial charge >= 0.3 is 0 Å². The normalized spacial score (nSPS) is 17.9. The van der Waals surface area contributed by atoms with E-state index in [0.717, 1.165) is 41.0 Å². The molecule has 4 rings (SSSR count).